The molecule has 0 aromatic heterocycles. The Morgan fingerprint density at radius 3 is 0.786 bits per heavy atom. The van der Waals surface area contributed by atoms with Crippen LogP contribution in [0.1, 0.15) is 44.5 Å². The number of halogens is 2. The predicted molar refractivity (Wildman–Crippen MR) is 258 cm³/mol. The normalized spacial score (nSPS) is 11.7. The molecule has 0 saturated carbocycles. The second-order valence-electron chi connectivity index (χ2n) is 15.7. The van der Waals surface area contributed by atoms with Crippen molar-refractivity contribution in [1.29, 1.82) is 0 Å². The van der Waals surface area contributed by atoms with E-state index in [0.29, 0.717) is 0 Å². The van der Waals surface area contributed by atoms with Crippen molar-refractivity contribution in [3.8, 4) is 11.1 Å². The molecule has 8 aromatic rings. The quantitative estimate of drug-likeness (QED) is 0.140. The van der Waals surface area contributed by atoms with Gasteiger partial charge >= 0.3 is 0 Å². The van der Waals surface area contributed by atoms with E-state index in [0.717, 1.165) is 8.95 Å². The minimum Gasteiger partial charge on any atom is -0.0616 e. The number of benzene rings is 8. The van der Waals surface area contributed by atoms with Gasteiger partial charge in [-0.05, 0) is 148 Å². The Morgan fingerprint density at radius 2 is 0.536 bits per heavy atom. The Balaban J connectivity index is 1.60. The van der Waals surface area contributed by atoms with Crippen molar-refractivity contribution in [2.45, 2.75) is 55.4 Å². The zero-order valence-corrected chi connectivity index (χ0v) is 38.3. The molecule has 0 nitrogen and oxygen atoms in total. The molecule has 0 atom stereocenters. The molecule has 0 spiro atoms. The summed E-state index contributed by atoms with van der Waals surface area (Å²) in [6.07, 6.45) is 0. The topological polar surface area (TPSA) is 0 Å². The molecule has 0 aliphatic carbocycles. The first kappa shape index (κ1) is 38.9. The summed E-state index contributed by atoms with van der Waals surface area (Å²) in [5, 5.41) is 13.2. The standard InChI is InChI=1S/C52H46Br2P2/c1-31-17-32(2)22-39(21-31)55(40-23-33(3)18-34(4)24-40)49-29-47(53)43-13-9-11-15-45(43)51(49)52-46-16-12-10-14-44(46)48(54)30-50(52)56(41-25-35(5)19-36(6)26-41)42-27-37(7)20-38(8)28-42/h9-30H,1-8H3. The van der Waals surface area contributed by atoms with Crippen molar-refractivity contribution in [3.05, 3.63) is 187 Å². The molecule has 0 amide bonds. The molecule has 0 aliphatic rings. The number of rotatable bonds is 7. The van der Waals surface area contributed by atoms with Crippen LogP contribution in [0, 0.1) is 55.4 Å². The molecular weight excluding hydrogens is 846 g/mol. The van der Waals surface area contributed by atoms with E-state index in [1.807, 2.05) is 0 Å². The Morgan fingerprint density at radius 1 is 0.304 bits per heavy atom. The molecule has 0 heterocycles. The van der Waals surface area contributed by atoms with Crippen LogP contribution in [0.15, 0.2) is 142 Å². The van der Waals surface area contributed by atoms with Gasteiger partial charge < -0.3 is 0 Å². The van der Waals surface area contributed by atoms with Gasteiger partial charge in [0.2, 0.25) is 0 Å². The van der Waals surface area contributed by atoms with Crippen molar-refractivity contribution in [2.24, 2.45) is 0 Å². The SMILES string of the molecule is Cc1cc(C)cc(P(c2cc(C)cc(C)c2)c2cc(Br)c3ccccc3c2-c2c(P(c3cc(C)cc(C)c3)c3cc(C)cc(C)c3)cc(Br)c3ccccc23)c1. The molecule has 278 valence electrons. The van der Waals surface area contributed by atoms with E-state index in [-0.39, 0.29) is 0 Å². The molecule has 0 N–H and O–H groups in total. The number of fused-ring (bicyclic) bond motifs is 2. The summed E-state index contributed by atoms with van der Waals surface area (Å²) < 4.78 is 2.25. The lowest BCUT2D eigenvalue weighted by molar-refractivity contribution is 1.40. The Kier molecular flexibility index (Phi) is 11.0. The lowest BCUT2D eigenvalue weighted by Gasteiger charge is -2.30. The van der Waals surface area contributed by atoms with Gasteiger partial charge in [-0.15, -0.1) is 0 Å². The van der Waals surface area contributed by atoms with Crippen LogP contribution >= 0.6 is 47.7 Å². The van der Waals surface area contributed by atoms with Gasteiger partial charge in [0.1, 0.15) is 0 Å². The van der Waals surface area contributed by atoms with E-state index in [9.17, 15) is 0 Å². The summed E-state index contributed by atoms with van der Waals surface area (Å²) in [7, 11) is -2.01. The average molecular weight is 893 g/mol. The minimum absolute atomic E-state index is 1.00. The van der Waals surface area contributed by atoms with Crippen molar-refractivity contribution in [3.63, 3.8) is 0 Å². The lowest BCUT2D eigenvalue weighted by atomic mass is 9.93. The summed E-state index contributed by atoms with van der Waals surface area (Å²) in [5.41, 5.74) is 13.0. The Labute approximate surface area is 352 Å². The summed E-state index contributed by atoms with van der Waals surface area (Å²) in [6.45, 7) is 17.9. The lowest BCUT2D eigenvalue weighted by Crippen LogP contribution is -2.27. The molecule has 0 aliphatic heterocycles. The van der Waals surface area contributed by atoms with Gasteiger partial charge in [0, 0.05) is 8.95 Å². The van der Waals surface area contributed by atoms with Crippen molar-refractivity contribution in [2.75, 3.05) is 0 Å². The molecule has 4 heteroatoms. The highest BCUT2D eigenvalue weighted by Crippen LogP contribution is 2.48. The molecule has 56 heavy (non-hydrogen) atoms. The van der Waals surface area contributed by atoms with Crippen LogP contribution in [0.3, 0.4) is 0 Å². The van der Waals surface area contributed by atoms with Gasteiger partial charge in [-0.1, -0.05) is 198 Å². The first-order valence-corrected chi connectivity index (χ1v) is 23.5. The second-order valence-corrected chi connectivity index (χ2v) is 21.7. The maximum Gasteiger partial charge on any atom is 0.0260 e. The van der Waals surface area contributed by atoms with Crippen LogP contribution in [0.4, 0.5) is 0 Å². The monoisotopic (exact) mass is 890 g/mol. The van der Waals surface area contributed by atoms with E-state index in [2.05, 4.69) is 221 Å². The maximum absolute atomic E-state index is 4.15. The summed E-state index contributed by atoms with van der Waals surface area (Å²) in [6, 6.07) is 51.6. The van der Waals surface area contributed by atoms with E-state index in [1.54, 1.807) is 0 Å². The zero-order valence-electron chi connectivity index (χ0n) is 33.4. The zero-order chi connectivity index (χ0) is 39.4. The molecule has 0 saturated heterocycles. The van der Waals surface area contributed by atoms with E-state index < -0.39 is 15.8 Å². The fourth-order valence-corrected chi connectivity index (χ4v) is 16.0. The van der Waals surface area contributed by atoms with Crippen LogP contribution in [0.25, 0.3) is 32.7 Å². The van der Waals surface area contributed by atoms with Gasteiger partial charge in [0.15, 0.2) is 0 Å². The fourth-order valence-electron chi connectivity index (χ4n) is 8.69. The number of hydrogen-bond donors (Lipinski definition) is 0. The van der Waals surface area contributed by atoms with E-state index in [4.69, 9.17) is 0 Å². The molecule has 8 rings (SSSR count). The largest absolute Gasteiger partial charge is 0.0616 e. The van der Waals surface area contributed by atoms with Gasteiger partial charge in [-0.3, -0.25) is 0 Å². The maximum atomic E-state index is 4.15. The summed E-state index contributed by atoms with van der Waals surface area (Å²) >= 11 is 8.29. The fraction of sp³-hybridized carbons (Fsp3) is 0.154. The third-order valence-electron chi connectivity index (χ3n) is 10.5. The van der Waals surface area contributed by atoms with Crippen LogP contribution in [0.5, 0.6) is 0 Å². The van der Waals surface area contributed by atoms with Crippen LogP contribution in [0.2, 0.25) is 0 Å². The Bertz CT molecular complexity index is 2460. The van der Waals surface area contributed by atoms with Crippen LogP contribution in [-0.4, -0.2) is 0 Å². The number of hydrogen-bond acceptors (Lipinski definition) is 0. The summed E-state index contributed by atoms with van der Waals surface area (Å²) in [4.78, 5) is 0. The number of aryl methyl sites for hydroxylation is 8. The third kappa shape index (κ3) is 7.60. The van der Waals surface area contributed by atoms with Crippen molar-refractivity contribution < 1.29 is 0 Å². The van der Waals surface area contributed by atoms with Crippen molar-refractivity contribution in [1.82, 2.24) is 0 Å². The highest BCUT2D eigenvalue weighted by atomic mass is 79.9. The Hall–Kier alpha value is -3.90. The first-order valence-electron chi connectivity index (χ1n) is 19.2. The molecule has 0 radical (unpaired) electrons. The van der Waals surface area contributed by atoms with Crippen LogP contribution < -0.4 is 31.8 Å². The van der Waals surface area contributed by atoms with Crippen LogP contribution in [-0.2, 0) is 0 Å². The van der Waals surface area contributed by atoms with Gasteiger partial charge in [0.05, 0.1) is 0 Å². The molecular formula is C52H46Br2P2. The van der Waals surface area contributed by atoms with E-state index >= 15 is 0 Å². The average Bonchev–Trinajstić information content (AvgIpc) is 3.11. The summed E-state index contributed by atoms with van der Waals surface area (Å²) in [5.74, 6) is 0. The molecule has 0 unspecified atom stereocenters. The third-order valence-corrected chi connectivity index (χ3v) is 16.6. The van der Waals surface area contributed by atoms with Crippen molar-refractivity contribution >= 4 is 101 Å². The smallest absolute Gasteiger partial charge is 0.0260 e. The minimum atomic E-state index is -1.00. The van der Waals surface area contributed by atoms with Gasteiger partial charge in [0.25, 0.3) is 0 Å². The van der Waals surface area contributed by atoms with Gasteiger partial charge in [-0.25, -0.2) is 0 Å². The first-order chi connectivity index (χ1) is 26.8. The molecule has 0 bridgehead atoms. The van der Waals surface area contributed by atoms with Gasteiger partial charge in [-0.2, -0.15) is 0 Å². The van der Waals surface area contributed by atoms with E-state index in [1.165, 1.54) is 109 Å². The molecule has 8 aromatic carbocycles. The molecule has 0 fully saturated rings. The second kappa shape index (κ2) is 15.8. The highest BCUT2D eigenvalue weighted by molar-refractivity contribution is 9.11. The predicted octanol–water partition coefficient (Wildman–Crippen LogP) is 13.2. The highest BCUT2D eigenvalue weighted by Gasteiger charge is 2.30.